The highest BCUT2D eigenvalue weighted by atomic mass is 19.1. The zero-order valence-corrected chi connectivity index (χ0v) is 19.4. The summed E-state index contributed by atoms with van der Waals surface area (Å²) in [6.45, 7) is 1.45. The molecule has 3 atom stereocenters. The Morgan fingerprint density at radius 1 is 1.17 bits per heavy atom. The fourth-order valence-corrected chi connectivity index (χ4v) is 4.69. The molecule has 1 aliphatic carbocycles. The SMILES string of the molecule is CC1=NNNN1CC(=O)N1C[C@H](F)C[C@H]1C(=O)N[C@@H](c1ccccc1)c1ccc(C2CC2)c(F)c1. The van der Waals surface area contributed by atoms with Gasteiger partial charge in [0.2, 0.25) is 11.8 Å². The number of likely N-dealkylation sites (tertiary alicyclic amines) is 1. The van der Waals surface area contributed by atoms with Crippen LogP contribution in [-0.2, 0) is 9.59 Å². The smallest absolute Gasteiger partial charge is 0.244 e. The van der Waals surface area contributed by atoms with E-state index in [-0.39, 0.29) is 31.2 Å². The van der Waals surface area contributed by atoms with Crippen LogP contribution in [-0.4, -0.2) is 52.9 Å². The molecule has 2 aliphatic heterocycles. The van der Waals surface area contributed by atoms with E-state index in [1.165, 1.54) is 16.0 Å². The van der Waals surface area contributed by atoms with Crippen LogP contribution < -0.4 is 16.4 Å². The molecule has 0 spiro atoms. The average Bonchev–Trinajstić information content (AvgIpc) is 3.50. The van der Waals surface area contributed by atoms with Gasteiger partial charge in [0, 0.05) is 6.42 Å². The minimum Gasteiger partial charge on any atom is -0.343 e. The first-order chi connectivity index (χ1) is 16.9. The Kier molecular flexibility index (Phi) is 6.38. The van der Waals surface area contributed by atoms with E-state index in [0.717, 1.165) is 18.4 Å². The molecule has 2 amide bonds. The van der Waals surface area contributed by atoms with Gasteiger partial charge in [-0.25, -0.2) is 14.3 Å². The van der Waals surface area contributed by atoms with Crippen LogP contribution in [0.1, 0.15) is 54.8 Å². The molecule has 0 bridgehead atoms. The van der Waals surface area contributed by atoms with Crippen molar-refractivity contribution in [2.75, 3.05) is 13.1 Å². The van der Waals surface area contributed by atoms with Crippen molar-refractivity contribution in [1.29, 1.82) is 0 Å². The second-order valence-corrected chi connectivity index (χ2v) is 9.27. The lowest BCUT2D eigenvalue weighted by molar-refractivity contribution is -0.139. The number of hydrogen-bond acceptors (Lipinski definition) is 6. The van der Waals surface area contributed by atoms with Crippen molar-refractivity contribution >= 4 is 17.6 Å². The summed E-state index contributed by atoms with van der Waals surface area (Å²) in [5.41, 5.74) is 7.33. The van der Waals surface area contributed by atoms with E-state index >= 15 is 0 Å². The van der Waals surface area contributed by atoms with E-state index in [0.29, 0.717) is 17.0 Å². The number of hydrazone groups is 1. The normalized spacial score (nSPS) is 22.5. The topological polar surface area (TPSA) is 89.1 Å². The molecule has 2 fully saturated rings. The van der Waals surface area contributed by atoms with Gasteiger partial charge in [-0.15, -0.1) is 10.6 Å². The first-order valence-electron chi connectivity index (χ1n) is 11.8. The van der Waals surface area contributed by atoms with Crippen LogP contribution in [0.5, 0.6) is 0 Å². The monoisotopic (exact) mass is 482 g/mol. The Morgan fingerprint density at radius 2 is 1.94 bits per heavy atom. The molecular weight excluding hydrogens is 454 g/mol. The Balaban J connectivity index is 1.36. The molecule has 5 rings (SSSR count). The molecule has 2 aromatic carbocycles. The van der Waals surface area contributed by atoms with Crippen LogP contribution >= 0.6 is 0 Å². The third kappa shape index (κ3) is 4.97. The molecule has 10 heteroatoms. The first-order valence-corrected chi connectivity index (χ1v) is 11.8. The summed E-state index contributed by atoms with van der Waals surface area (Å²) in [6, 6.07) is 12.7. The number of hydrogen-bond donors (Lipinski definition) is 3. The molecule has 1 saturated carbocycles. The standard InChI is InChI=1S/C25H28F2N6O2/c1-15-29-30-31-33(15)14-23(34)32-13-19(26)12-22(32)25(35)28-24(17-5-3-2-4-6-17)18-9-10-20(16-7-8-16)21(27)11-18/h2-6,9-11,16,19,22,24,30-31H,7-8,12-14H2,1H3,(H,28,35)/t19-,22+,24+/m1/s1. The fraction of sp³-hybridized carbons (Fsp3) is 0.400. The van der Waals surface area contributed by atoms with Crippen LogP contribution in [0.2, 0.25) is 0 Å². The molecular formula is C25H28F2N6O2. The van der Waals surface area contributed by atoms with Crippen molar-refractivity contribution < 1.29 is 18.4 Å². The summed E-state index contributed by atoms with van der Waals surface area (Å²) in [7, 11) is 0. The van der Waals surface area contributed by atoms with Gasteiger partial charge >= 0.3 is 0 Å². The highest BCUT2D eigenvalue weighted by molar-refractivity contribution is 5.91. The van der Waals surface area contributed by atoms with Crippen molar-refractivity contribution in [1.82, 2.24) is 26.3 Å². The quantitative estimate of drug-likeness (QED) is 0.565. The van der Waals surface area contributed by atoms with Crippen LogP contribution in [0.25, 0.3) is 0 Å². The number of amides is 2. The first kappa shape index (κ1) is 23.2. The third-order valence-corrected chi connectivity index (χ3v) is 6.75. The largest absolute Gasteiger partial charge is 0.343 e. The molecule has 0 aromatic heterocycles. The number of benzene rings is 2. The fourth-order valence-electron chi connectivity index (χ4n) is 4.69. The highest BCUT2D eigenvalue weighted by Crippen LogP contribution is 2.42. The number of rotatable bonds is 7. The molecule has 3 aliphatic rings. The lowest BCUT2D eigenvalue weighted by Crippen LogP contribution is -2.52. The van der Waals surface area contributed by atoms with Crippen LogP contribution in [0, 0.1) is 5.82 Å². The maximum Gasteiger partial charge on any atom is 0.244 e. The van der Waals surface area contributed by atoms with Crippen molar-refractivity contribution in [3.05, 3.63) is 71.0 Å². The summed E-state index contributed by atoms with van der Waals surface area (Å²) < 4.78 is 29.3. The van der Waals surface area contributed by atoms with Gasteiger partial charge in [-0.3, -0.25) is 14.6 Å². The molecule has 1 saturated heterocycles. The Hall–Kier alpha value is -3.53. The van der Waals surface area contributed by atoms with Crippen molar-refractivity contribution in [3.8, 4) is 0 Å². The maximum absolute atomic E-state index is 14.9. The Labute approximate surface area is 202 Å². The predicted molar refractivity (Wildman–Crippen MR) is 126 cm³/mol. The number of halogens is 2. The Bertz CT molecular complexity index is 1140. The van der Waals surface area contributed by atoms with E-state index < -0.39 is 30.1 Å². The summed E-state index contributed by atoms with van der Waals surface area (Å²) in [5, 5.41) is 8.37. The van der Waals surface area contributed by atoms with Crippen molar-refractivity contribution in [2.24, 2.45) is 5.10 Å². The van der Waals surface area contributed by atoms with E-state index in [2.05, 4.69) is 21.5 Å². The highest BCUT2D eigenvalue weighted by Gasteiger charge is 2.41. The van der Waals surface area contributed by atoms with Gasteiger partial charge in [-0.1, -0.05) is 42.5 Å². The summed E-state index contributed by atoms with van der Waals surface area (Å²) in [6.07, 6.45) is 0.575. The molecule has 35 heavy (non-hydrogen) atoms. The van der Waals surface area contributed by atoms with E-state index in [9.17, 15) is 18.4 Å². The summed E-state index contributed by atoms with van der Waals surface area (Å²) >= 11 is 0. The van der Waals surface area contributed by atoms with Gasteiger partial charge in [0.1, 0.15) is 30.4 Å². The van der Waals surface area contributed by atoms with E-state index in [1.54, 1.807) is 13.0 Å². The molecule has 2 heterocycles. The molecule has 3 N–H and O–H groups in total. The minimum absolute atomic E-state index is 0.0905. The van der Waals surface area contributed by atoms with Gasteiger partial charge in [-0.05, 0) is 48.4 Å². The van der Waals surface area contributed by atoms with E-state index in [1.807, 2.05) is 36.4 Å². The molecule has 8 nitrogen and oxygen atoms in total. The second-order valence-electron chi connectivity index (χ2n) is 9.27. The number of nitrogens with one attached hydrogen (secondary N) is 3. The zero-order chi connectivity index (χ0) is 24.5. The number of nitrogens with zero attached hydrogens (tertiary/aromatic N) is 3. The van der Waals surface area contributed by atoms with Gasteiger partial charge in [0.25, 0.3) is 0 Å². The van der Waals surface area contributed by atoms with Gasteiger partial charge in [0.05, 0.1) is 12.6 Å². The van der Waals surface area contributed by atoms with Crippen LogP contribution in [0.3, 0.4) is 0 Å². The molecule has 0 unspecified atom stereocenters. The third-order valence-electron chi connectivity index (χ3n) is 6.75. The lowest BCUT2D eigenvalue weighted by atomic mass is 9.96. The number of amidine groups is 1. The number of hydrazine groups is 2. The van der Waals surface area contributed by atoms with Gasteiger partial charge in [-0.2, -0.15) is 0 Å². The Morgan fingerprint density at radius 3 is 2.60 bits per heavy atom. The lowest BCUT2D eigenvalue weighted by Gasteiger charge is -2.28. The van der Waals surface area contributed by atoms with Crippen molar-refractivity contribution in [3.63, 3.8) is 0 Å². The van der Waals surface area contributed by atoms with Crippen LogP contribution in [0.4, 0.5) is 8.78 Å². The molecule has 0 radical (unpaired) electrons. The minimum atomic E-state index is -1.31. The maximum atomic E-state index is 14.9. The summed E-state index contributed by atoms with van der Waals surface area (Å²) in [5.74, 6) is -0.340. The van der Waals surface area contributed by atoms with Crippen molar-refractivity contribution in [2.45, 2.75) is 50.4 Å². The molecule has 2 aromatic rings. The summed E-state index contributed by atoms with van der Waals surface area (Å²) in [4.78, 5) is 27.6. The number of alkyl halides is 1. The predicted octanol–water partition coefficient (Wildman–Crippen LogP) is 2.51. The molecule has 184 valence electrons. The van der Waals surface area contributed by atoms with Gasteiger partial charge in [0.15, 0.2) is 0 Å². The number of carbonyl (C=O) groups is 2. The number of carbonyl (C=O) groups excluding carboxylic acids is 2. The average molecular weight is 483 g/mol. The van der Waals surface area contributed by atoms with Crippen LogP contribution in [0.15, 0.2) is 53.6 Å². The zero-order valence-electron chi connectivity index (χ0n) is 19.4. The van der Waals surface area contributed by atoms with E-state index in [4.69, 9.17) is 0 Å². The second kappa shape index (κ2) is 9.61. The van der Waals surface area contributed by atoms with Gasteiger partial charge < -0.3 is 10.2 Å².